The third kappa shape index (κ3) is 8.60. The van der Waals surface area contributed by atoms with Crippen molar-refractivity contribution in [2.45, 2.75) is 0 Å². The lowest BCUT2D eigenvalue weighted by Crippen LogP contribution is -1.89. The summed E-state index contributed by atoms with van der Waals surface area (Å²) in [5.74, 6) is 0. The lowest BCUT2D eigenvalue weighted by Gasteiger charge is -1.78. The minimum absolute atomic E-state index is 1.62. The summed E-state index contributed by atoms with van der Waals surface area (Å²) >= 11 is 0. The normalized spacial score (nSPS) is 11.1. The van der Waals surface area contributed by atoms with Crippen LogP contribution in [0.3, 0.4) is 0 Å². The van der Waals surface area contributed by atoms with E-state index in [1.54, 1.807) is 43.5 Å². The van der Waals surface area contributed by atoms with Gasteiger partial charge in [0.05, 0.1) is 6.33 Å². The van der Waals surface area contributed by atoms with Crippen LogP contribution in [0, 0.1) is 0 Å². The highest BCUT2D eigenvalue weighted by Gasteiger charge is 1.68. The van der Waals surface area contributed by atoms with Crippen LogP contribution in [0.1, 0.15) is 0 Å². The SMILES string of the molecule is C1=CC=NNC=C1.c1c[nH]cn1.c1ccncc1. The molecule has 3 rings (SSSR count). The lowest BCUT2D eigenvalue weighted by molar-refractivity contribution is 0.980. The summed E-state index contributed by atoms with van der Waals surface area (Å²) in [6, 6.07) is 5.72. The Kier molecular flexibility index (Phi) is 8.04. The zero-order chi connectivity index (χ0) is 12.7. The maximum Gasteiger partial charge on any atom is 0.0919 e. The Bertz CT molecular complexity index is 388. The summed E-state index contributed by atoms with van der Waals surface area (Å²) in [5.41, 5.74) is 2.67. The molecule has 0 aliphatic carbocycles. The van der Waals surface area contributed by atoms with Crippen LogP contribution in [0.15, 0.2) is 78.8 Å². The molecule has 0 spiro atoms. The maximum atomic E-state index is 3.78. The van der Waals surface area contributed by atoms with E-state index in [2.05, 4.69) is 25.5 Å². The van der Waals surface area contributed by atoms with E-state index in [4.69, 9.17) is 0 Å². The minimum atomic E-state index is 1.62. The second kappa shape index (κ2) is 10.8. The van der Waals surface area contributed by atoms with Crippen LogP contribution >= 0.6 is 0 Å². The van der Waals surface area contributed by atoms with Crippen molar-refractivity contribution >= 4 is 6.21 Å². The molecule has 0 saturated carbocycles. The molecule has 0 unspecified atom stereocenters. The van der Waals surface area contributed by atoms with Crippen molar-refractivity contribution in [1.29, 1.82) is 0 Å². The van der Waals surface area contributed by atoms with Gasteiger partial charge in [-0.25, -0.2) is 4.98 Å². The number of allylic oxidation sites excluding steroid dienone is 3. The van der Waals surface area contributed by atoms with Crippen molar-refractivity contribution in [3.05, 3.63) is 73.7 Å². The molecule has 0 amide bonds. The van der Waals surface area contributed by atoms with E-state index in [-0.39, 0.29) is 0 Å². The maximum absolute atomic E-state index is 3.78. The fourth-order valence-electron chi connectivity index (χ4n) is 0.869. The molecule has 0 saturated heterocycles. The van der Waals surface area contributed by atoms with Crippen molar-refractivity contribution in [1.82, 2.24) is 20.4 Å². The standard InChI is InChI=1S/C5H6N2.C5H5N.C3H4N2/c1-2-4-6-7-5-3-1;1-2-4-6-5-3-1;1-2-5-3-4-1/h1-6H;1-5H;1-3H,(H,4,5). The van der Waals surface area contributed by atoms with Gasteiger partial charge in [0.1, 0.15) is 0 Å². The van der Waals surface area contributed by atoms with E-state index in [0.717, 1.165) is 0 Å². The average Bonchev–Trinajstić information content (AvgIpc) is 2.90. The van der Waals surface area contributed by atoms with Crippen LogP contribution in [0.25, 0.3) is 0 Å². The molecule has 5 heteroatoms. The summed E-state index contributed by atoms with van der Waals surface area (Å²) in [6.45, 7) is 0. The first kappa shape index (κ1) is 13.4. The first-order valence-corrected chi connectivity index (χ1v) is 5.38. The summed E-state index contributed by atoms with van der Waals surface area (Å²) in [4.78, 5) is 10.2. The average molecular weight is 241 g/mol. The highest BCUT2D eigenvalue weighted by molar-refractivity contribution is 5.71. The lowest BCUT2D eigenvalue weighted by atomic mass is 10.5. The van der Waals surface area contributed by atoms with Crippen molar-refractivity contribution < 1.29 is 0 Å². The zero-order valence-electron chi connectivity index (χ0n) is 9.85. The number of aromatic nitrogens is 3. The molecule has 92 valence electrons. The van der Waals surface area contributed by atoms with E-state index < -0.39 is 0 Å². The van der Waals surface area contributed by atoms with E-state index in [1.807, 2.05) is 36.4 Å². The predicted molar refractivity (Wildman–Crippen MR) is 72.7 cm³/mol. The van der Waals surface area contributed by atoms with Crippen LogP contribution in [0.5, 0.6) is 0 Å². The minimum Gasteiger partial charge on any atom is -0.351 e. The van der Waals surface area contributed by atoms with Gasteiger partial charge in [-0.2, -0.15) is 5.10 Å². The second-order valence-corrected chi connectivity index (χ2v) is 2.94. The van der Waals surface area contributed by atoms with Gasteiger partial charge in [-0.1, -0.05) is 12.1 Å². The van der Waals surface area contributed by atoms with Crippen LogP contribution in [0.2, 0.25) is 0 Å². The highest BCUT2D eigenvalue weighted by atomic mass is 15.3. The Morgan fingerprint density at radius 1 is 0.778 bits per heavy atom. The fraction of sp³-hybridized carbons (Fsp3) is 0. The summed E-state index contributed by atoms with van der Waals surface area (Å²) in [6.07, 6.45) is 17.7. The van der Waals surface area contributed by atoms with Crippen LogP contribution in [0.4, 0.5) is 0 Å². The molecule has 3 heterocycles. The van der Waals surface area contributed by atoms with E-state index in [1.165, 1.54) is 0 Å². The molecule has 0 radical (unpaired) electrons. The van der Waals surface area contributed by atoms with E-state index >= 15 is 0 Å². The molecule has 18 heavy (non-hydrogen) atoms. The van der Waals surface area contributed by atoms with E-state index in [9.17, 15) is 0 Å². The Labute approximate surface area is 106 Å². The Hall–Kier alpha value is -2.69. The number of nitrogens with one attached hydrogen (secondary N) is 2. The highest BCUT2D eigenvalue weighted by Crippen LogP contribution is 1.76. The van der Waals surface area contributed by atoms with Gasteiger partial charge in [0.15, 0.2) is 0 Å². The molecule has 1 aliphatic heterocycles. The summed E-state index contributed by atoms with van der Waals surface area (Å²) in [5, 5.41) is 3.72. The van der Waals surface area contributed by atoms with Gasteiger partial charge in [-0.3, -0.25) is 10.4 Å². The smallest absolute Gasteiger partial charge is 0.0919 e. The Balaban J connectivity index is 0.000000137. The van der Waals surface area contributed by atoms with Gasteiger partial charge in [0.25, 0.3) is 0 Å². The number of rotatable bonds is 0. The summed E-state index contributed by atoms with van der Waals surface area (Å²) in [7, 11) is 0. The second-order valence-electron chi connectivity index (χ2n) is 2.94. The van der Waals surface area contributed by atoms with Crippen molar-refractivity contribution in [2.24, 2.45) is 5.10 Å². The van der Waals surface area contributed by atoms with Gasteiger partial charge in [-0.05, 0) is 24.3 Å². The zero-order valence-corrected chi connectivity index (χ0v) is 9.85. The Morgan fingerprint density at radius 3 is 2.17 bits per heavy atom. The molecule has 0 aromatic carbocycles. The van der Waals surface area contributed by atoms with Crippen molar-refractivity contribution in [3.63, 3.8) is 0 Å². The summed E-state index contributed by atoms with van der Waals surface area (Å²) < 4.78 is 0. The number of imidazole rings is 1. The molecule has 2 aromatic rings. The first-order chi connectivity index (χ1) is 9.00. The topological polar surface area (TPSA) is 66.0 Å². The van der Waals surface area contributed by atoms with Gasteiger partial charge in [-0.15, -0.1) is 0 Å². The number of hydrazone groups is 1. The monoisotopic (exact) mass is 241 g/mol. The van der Waals surface area contributed by atoms with Crippen LogP contribution < -0.4 is 5.43 Å². The third-order valence-electron chi connectivity index (χ3n) is 1.60. The van der Waals surface area contributed by atoms with Gasteiger partial charge >= 0.3 is 0 Å². The molecule has 5 nitrogen and oxygen atoms in total. The number of hydrogen-bond donors (Lipinski definition) is 2. The molecule has 0 bridgehead atoms. The Morgan fingerprint density at radius 2 is 1.67 bits per heavy atom. The number of aromatic amines is 1. The van der Waals surface area contributed by atoms with Gasteiger partial charge in [0.2, 0.25) is 0 Å². The molecule has 2 aromatic heterocycles. The van der Waals surface area contributed by atoms with Crippen molar-refractivity contribution in [2.75, 3.05) is 0 Å². The molecule has 2 N–H and O–H groups in total. The molecular formula is C13H15N5. The number of nitrogens with zero attached hydrogens (tertiary/aromatic N) is 3. The quantitative estimate of drug-likeness (QED) is 0.742. The van der Waals surface area contributed by atoms with Crippen LogP contribution in [-0.2, 0) is 0 Å². The largest absolute Gasteiger partial charge is 0.351 e. The molecule has 0 atom stereocenters. The fourth-order valence-corrected chi connectivity index (χ4v) is 0.869. The number of hydrogen-bond acceptors (Lipinski definition) is 4. The number of H-pyrrole nitrogens is 1. The van der Waals surface area contributed by atoms with Gasteiger partial charge < -0.3 is 4.98 Å². The first-order valence-electron chi connectivity index (χ1n) is 5.38. The van der Waals surface area contributed by atoms with E-state index in [0.29, 0.717) is 0 Å². The molecular weight excluding hydrogens is 226 g/mol. The van der Waals surface area contributed by atoms with Crippen molar-refractivity contribution in [3.8, 4) is 0 Å². The van der Waals surface area contributed by atoms with Crippen LogP contribution in [-0.4, -0.2) is 21.2 Å². The molecule has 0 fully saturated rings. The third-order valence-corrected chi connectivity index (χ3v) is 1.60. The predicted octanol–water partition coefficient (Wildman–Crippen LogP) is 2.14. The molecule has 1 aliphatic rings. The van der Waals surface area contributed by atoms with Gasteiger partial charge in [0, 0.05) is 37.2 Å². The number of pyridine rings is 1.